The minimum absolute atomic E-state index is 0.420. The van der Waals surface area contributed by atoms with Crippen LogP contribution in [-0.2, 0) is 0 Å². The van der Waals surface area contributed by atoms with Crippen LogP contribution >= 0.6 is 0 Å². The molecule has 0 radical (unpaired) electrons. The molecule has 9 heteroatoms. The summed E-state index contributed by atoms with van der Waals surface area (Å²) >= 11 is 0. The van der Waals surface area contributed by atoms with Crippen molar-refractivity contribution in [1.82, 2.24) is 0 Å². The van der Waals surface area contributed by atoms with Gasteiger partial charge < -0.3 is 14.2 Å². The number of nitrogens with zero attached hydrogens (tertiary/aromatic N) is 2. The lowest BCUT2D eigenvalue weighted by Gasteiger charge is -2.40. The number of hydrogen-bond donors (Lipinski definition) is 1. The summed E-state index contributed by atoms with van der Waals surface area (Å²) < 4.78 is 10.7. The predicted molar refractivity (Wildman–Crippen MR) is 80.2 cm³/mol. The molecule has 9 nitrogen and oxygen atoms in total. The topological polar surface area (TPSA) is 129 Å². The van der Waals surface area contributed by atoms with E-state index in [0.29, 0.717) is 11.5 Å². The zero-order valence-corrected chi connectivity index (χ0v) is 13.2. The van der Waals surface area contributed by atoms with Crippen molar-refractivity contribution in [2.75, 3.05) is 0 Å². The standard InChI is InChI=1S/C15H17N3O6/c1-15(2)13(17(19)20)11(9-5-3-7-23-9)16-12(14(15)18(21)22)10-6-4-8-24-10/h3-8,11-14,16H,1-2H3/p+1/t11-,12-,13-,14+/m1/s1. The Morgan fingerprint density at radius 1 is 0.958 bits per heavy atom. The Morgan fingerprint density at radius 2 is 1.38 bits per heavy atom. The Labute approximate surface area is 136 Å². The first kappa shape index (κ1) is 16.2. The van der Waals surface area contributed by atoms with Crippen molar-refractivity contribution in [3.05, 3.63) is 68.5 Å². The quantitative estimate of drug-likeness (QED) is 0.666. The average molecular weight is 336 g/mol. The van der Waals surface area contributed by atoms with Gasteiger partial charge in [-0.05, 0) is 38.1 Å². The van der Waals surface area contributed by atoms with Crippen LogP contribution in [0.5, 0.6) is 0 Å². The van der Waals surface area contributed by atoms with Crippen molar-refractivity contribution in [3.63, 3.8) is 0 Å². The zero-order valence-electron chi connectivity index (χ0n) is 13.2. The molecule has 128 valence electrons. The highest BCUT2D eigenvalue weighted by atomic mass is 16.6. The summed E-state index contributed by atoms with van der Waals surface area (Å²) in [6, 6.07) is 2.88. The van der Waals surface area contributed by atoms with Crippen molar-refractivity contribution in [3.8, 4) is 0 Å². The molecule has 0 bridgehead atoms. The van der Waals surface area contributed by atoms with E-state index in [1.54, 1.807) is 43.4 Å². The van der Waals surface area contributed by atoms with Crippen molar-refractivity contribution >= 4 is 0 Å². The molecule has 3 rings (SSSR count). The number of rotatable bonds is 4. The maximum atomic E-state index is 11.7. The van der Waals surface area contributed by atoms with Crippen molar-refractivity contribution in [2.24, 2.45) is 5.41 Å². The number of piperidine rings is 1. The Hall–Kier alpha value is -2.68. The van der Waals surface area contributed by atoms with Crippen molar-refractivity contribution in [2.45, 2.75) is 38.0 Å². The van der Waals surface area contributed by atoms with Crippen molar-refractivity contribution in [1.29, 1.82) is 0 Å². The molecule has 1 aliphatic rings. The van der Waals surface area contributed by atoms with E-state index in [1.807, 2.05) is 0 Å². The lowest BCUT2D eigenvalue weighted by atomic mass is 9.68. The Kier molecular flexibility index (Phi) is 3.88. The summed E-state index contributed by atoms with van der Waals surface area (Å²) in [5, 5.41) is 25.1. The summed E-state index contributed by atoms with van der Waals surface area (Å²) in [7, 11) is 0. The fourth-order valence-electron chi connectivity index (χ4n) is 3.80. The van der Waals surface area contributed by atoms with Gasteiger partial charge in [-0.1, -0.05) is 0 Å². The molecular weight excluding hydrogens is 318 g/mol. The van der Waals surface area contributed by atoms with Gasteiger partial charge in [0.15, 0.2) is 11.5 Å². The van der Waals surface area contributed by atoms with Gasteiger partial charge in [0.1, 0.15) is 5.41 Å². The first-order valence-electron chi connectivity index (χ1n) is 7.53. The Bertz CT molecular complexity index is 664. The molecule has 4 atom stereocenters. The van der Waals surface area contributed by atoms with Crippen molar-refractivity contribution < 1.29 is 24.0 Å². The van der Waals surface area contributed by atoms with Crippen LogP contribution in [0.1, 0.15) is 37.5 Å². The maximum absolute atomic E-state index is 11.7. The second kappa shape index (κ2) is 5.75. The first-order valence-corrected chi connectivity index (χ1v) is 7.53. The second-order valence-electron chi connectivity index (χ2n) is 6.56. The van der Waals surface area contributed by atoms with Crippen LogP contribution in [-0.4, -0.2) is 21.9 Å². The van der Waals surface area contributed by atoms with Crippen LogP contribution < -0.4 is 5.32 Å². The van der Waals surface area contributed by atoms with E-state index < -0.39 is 39.4 Å². The smallest absolute Gasteiger partial charge is 0.282 e. The molecule has 24 heavy (non-hydrogen) atoms. The molecule has 1 saturated heterocycles. The minimum atomic E-state index is -1.21. The monoisotopic (exact) mass is 336 g/mol. The summed E-state index contributed by atoms with van der Waals surface area (Å²) in [6.45, 7) is 3.12. The molecule has 0 saturated carbocycles. The van der Waals surface area contributed by atoms with Gasteiger partial charge in [0.05, 0.1) is 12.5 Å². The molecule has 2 aromatic heterocycles. The highest BCUT2D eigenvalue weighted by Crippen LogP contribution is 2.43. The number of quaternary nitrogens is 1. The van der Waals surface area contributed by atoms with E-state index in [-0.39, 0.29) is 0 Å². The summed E-state index contributed by atoms with van der Waals surface area (Å²) in [5.41, 5.74) is -1.21. The van der Waals surface area contributed by atoms with Gasteiger partial charge in [0.2, 0.25) is 12.1 Å². The number of furan rings is 2. The first-order chi connectivity index (χ1) is 11.3. The van der Waals surface area contributed by atoms with E-state index in [1.165, 1.54) is 12.5 Å². The van der Waals surface area contributed by atoms with Gasteiger partial charge in [-0.2, -0.15) is 0 Å². The summed E-state index contributed by atoms with van der Waals surface area (Å²) in [5.74, 6) is 0.839. The Balaban J connectivity index is 2.12. The molecule has 2 N–H and O–H groups in total. The predicted octanol–water partition coefficient (Wildman–Crippen LogP) is 1.55. The van der Waals surface area contributed by atoms with E-state index in [4.69, 9.17) is 8.83 Å². The van der Waals surface area contributed by atoms with Gasteiger partial charge in [0, 0.05) is 9.85 Å². The van der Waals surface area contributed by atoms with Crippen LogP contribution in [0.2, 0.25) is 0 Å². The van der Waals surface area contributed by atoms with Gasteiger partial charge in [-0.3, -0.25) is 20.2 Å². The normalized spacial score (nSPS) is 29.2. The zero-order chi connectivity index (χ0) is 17.5. The fourth-order valence-corrected chi connectivity index (χ4v) is 3.80. The SMILES string of the molecule is CC1(C)[C@@H]([N+](=O)[O-])[C@@H](c2ccco2)[NH2+][C@H](c2ccco2)[C@H]1[N+](=O)[O-]. The Morgan fingerprint density at radius 3 is 1.67 bits per heavy atom. The van der Waals surface area contributed by atoms with E-state index in [9.17, 15) is 20.2 Å². The molecular formula is C15H18N3O6+. The molecule has 0 spiro atoms. The van der Waals surface area contributed by atoms with Gasteiger partial charge in [-0.15, -0.1) is 0 Å². The molecule has 1 fully saturated rings. The summed E-state index contributed by atoms with van der Waals surface area (Å²) in [4.78, 5) is 22.6. The highest BCUT2D eigenvalue weighted by Gasteiger charge is 2.67. The maximum Gasteiger partial charge on any atom is 0.282 e. The minimum Gasteiger partial charge on any atom is -0.463 e. The van der Waals surface area contributed by atoms with Crippen LogP contribution in [0.4, 0.5) is 0 Å². The largest absolute Gasteiger partial charge is 0.463 e. The van der Waals surface area contributed by atoms with E-state index in [2.05, 4.69) is 0 Å². The lowest BCUT2D eigenvalue weighted by molar-refractivity contribution is -0.821. The number of hydrogen-bond acceptors (Lipinski definition) is 6. The molecule has 0 unspecified atom stereocenters. The molecule has 2 aromatic rings. The van der Waals surface area contributed by atoms with Crippen LogP contribution in [0.25, 0.3) is 0 Å². The van der Waals surface area contributed by atoms with Crippen LogP contribution in [0.15, 0.2) is 45.6 Å². The molecule has 0 amide bonds. The number of nitro groups is 2. The van der Waals surface area contributed by atoms with Crippen LogP contribution in [0, 0.1) is 25.6 Å². The molecule has 3 heterocycles. The number of nitrogens with two attached hydrogens (primary N) is 1. The molecule has 0 aromatic carbocycles. The van der Waals surface area contributed by atoms with Crippen LogP contribution in [0.3, 0.4) is 0 Å². The van der Waals surface area contributed by atoms with E-state index >= 15 is 0 Å². The third-order valence-electron chi connectivity index (χ3n) is 4.82. The van der Waals surface area contributed by atoms with Gasteiger partial charge >= 0.3 is 0 Å². The van der Waals surface area contributed by atoms with Gasteiger partial charge in [0.25, 0.3) is 12.1 Å². The lowest BCUT2D eigenvalue weighted by Crippen LogP contribution is -2.95. The second-order valence-corrected chi connectivity index (χ2v) is 6.56. The third-order valence-corrected chi connectivity index (χ3v) is 4.82. The average Bonchev–Trinajstić information content (AvgIpc) is 3.17. The molecule has 1 aliphatic heterocycles. The fraction of sp³-hybridized carbons (Fsp3) is 0.467. The summed E-state index contributed by atoms with van der Waals surface area (Å²) in [6.07, 6.45) is 2.88. The van der Waals surface area contributed by atoms with Gasteiger partial charge in [-0.25, -0.2) is 0 Å². The third kappa shape index (κ3) is 2.46. The van der Waals surface area contributed by atoms with E-state index in [0.717, 1.165) is 0 Å². The highest BCUT2D eigenvalue weighted by molar-refractivity contribution is 5.13. The molecule has 0 aliphatic carbocycles.